The van der Waals surface area contributed by atoms with Crippen LogP contribution in [-0.2, 0) is 6.61 Å². The molecule has 0 saturated carbocycles. The predicted octanol–water partition coefficient (Wildman–Crippen LogP) is 3.90. The number of hydrogen-bond acceptors (Lipinski definition) is 3. The lowest BCUT2D eigenvalue weighted by Crippen LogP contribution is -2.27. The van der Waals surface area contributed by atoms with Crippen molar-refractivity contribution in [2.45, 2.75) is 26.4 Å². The van der Waals surface area contributed by atoms with Gasteiger partial charge in [0.25, 0.3) is 5.91 Å². The van der Waals surface area contributed by atoms with Crippen LogP contribution >= 0.6 is 0 Å². The van der Waals surface area contributed by atoms with Gasteiger partial charge in [0.15, 0.2) is 11.5 Å². The van der Waals surface area contributed by atoms with Gasteiger partial charge >= 0.3 is 0 Å². The zero-order valence-electron chi connectivity index (χ0n) is 14.0. The van der Waals surface area contributed by atoms with E-state index in [9.17, 15) is 4.79 Å². The predicted molar refractivity (Wildman–Crippen MR) is 93.5 cm³/mol. The van der Waals surface area contributed by atoms with Crippen molar-refractivity contribution in [3.63, 3.8) is 0 Å². The number of carbonyl (C=O) groups excluding carboxylic acids is 1. The van der Waals surface area contributed by atoms with Gasteiger partial charge in [-0.25, -0.2) is 0 Å². The summed E-state index contributed by atoms with van der Waals surface area (Å²) in [5.74, 6) is 1.36. The van der Waals surface area contributed by atoms with Crippen LogP contribution in [0.5, 0.6) is 11.5 Å². The molecule has 1 amide bonds. The van der Waals surface area contributed by atoms with Crippen LogP contribution in [0.3, 0.4) is 0 Å². The molecule has 0 aromatic heterocycles. The van der Waals surface area contributed by atoms with Crippen molar-refractivity contribution in [2.75, 3.05) is 19.7 Å². The first-order chi connectivity index (χ1) is 11.8. The summed E-state index contributed by atoms with van der Waals surface area (Å²) in [5, 5.41) is 0. The van der Waals surface area contributed by atoms with Gasteiger partial charge in [-0.15, -0.1) is 0 Å². The Labute approximate surface area is 143 Å². The summed E-state index contributed by atoms with van der Waals surface area (Å²) in [6, 6.07) is 15.4. The molecule has 0 radical (unpaired) electrons. The van der Waals surface area contributed by atoms with Crippen LogP contribution in [0, 0.1) is 0 Å². The quantitative estimate of drug-likeness (QED) is 0.808. The average molecular weight is 325 g/mol. The van der Waals surface area contributed by atoms with E-state index >= 15 is 0 Å². The molecule has 0 spiro atoms. The summed E-state index contributed by atoms with van der Waals surface area (Å²) in [5.41, 5.74) is 1.75. The highest BCUT2D eigenvalue weighted by Crippen LogP contribution is 2.30. The normalized spacial score (nSPS) is 13.8. The summed E-state index contributed by atoms with van der Waals surface area (Å²) in [6.45, 7) is 4.61. The molecule has 0 aliphatic carbocycles. The standard InChI is InChI=1S/C20H23NO3/c1-2-23-19-14-17(20(22)21-12-6-7-13-21)10-11-18(19)24-15-16-8-4-3-5-9-16/h3-5,8-11,14H,2,6-7,12-13,15H2,1H3. The fraction of sp³-hybridized carbons (Fsp3) is 0.350. The molecule has 1 heterocycles. The van der Waals surface area contributed by atoms with Crippen molar-refractivity contribution >= 4 is 5.91 Å². The van der Waals surface area contributed by atoms with Gasteiger partial charge in [0.2, 0.25) is 0 Å². The Balaban J connectivity index is 1.75. The first kappa shape index (κ1) is 16.4. The van der Waals surface area contributed by atoms with Crippen molar-refractivity contribution < 1.29 is 14.3 Å². The van der Waals surface area contributed by atoms with Crippen molar-refractivity contribution in [2.24, 2.45) is 0 Å². The van der Waals surface area contributed by atoms with Gasteiger partial charge in [0.05, 0.1) is 6.61 Å². The van der Waals surface area contributed by atoms with E-state index in [0.29, 0.717) is 30.3 Å². The zero-order chi connectivity index (χ0) is 16.8. The van der Waals surface area contributed by atoms with Crippen LogP contribution in [-0.4, -0.2) is 30.5 Å². The fourth-order valence-corrected chi connectivity index (χ4v) is 2.87. The first-order valence-corrected chi connectivity index (χ1v) is 8.51. The summed E-state index contributed by atoms with van der Waals surface area (Å²) in [6.07, 6.45) is 2.17. The summed E-state index contributed by atoms with van der Waals surface area (Å²) in [4.78, 5) is 14.4. The van der Waals surface area contributed by atoms with Crippen molar-refractivity contribution in [3.8, 4) is 11.5 Å². The Kier molecular flexibility index (Phi) is 5.36. The van der Waals surface area contributed by atoms with Gasteiger partial charge in [-0.2, -0.15) is 0 Å². The highest BCUT2D eigenvalue weighted by molar-refractivity contribution is 5.95. The minimum absolute atomic E-state index is 0.0723. The number of rotatable bonds is 6. The van der Waals surface area contributed by atoms with Gasteiger partial charge in [-0.3, -0.25) is 4.79 Å². The Morgan fingerprint density at radius 2 is 1.75 bits per heavy atom. The number of hydrogen-bond donors (Lipinski definition) is 0. The highest BCUT2D eigenvalue weighted by atomic mass is 16.5. The molecular weight excluding hydrogens is 302 g/mol. The number of likely N-dealkylation sites (tertiary alicyclic amines) is 1. The van der Waals surface area contributed by atoms with E-state index in [2.05, 4.69) is 0 Å². The lowest BCUT2D eigenvalue weighted by Gasteiger charge is -2.17. The van der Waals surface area contributed by atoms with Crippen LogP contribution in [0.4, 0.5) is 0 Å². The maximum Gasteiger partial charge on any atom is 0.253 e. The molecule has 1 aliphatic heterocycles. The molecule has 1 aliphatic rings. The topological polar surface area (TPSA) is 38.8 Å². The Morgan fingerprint density at radius 1 is 1.00 bits per heavy atom. The van der Waals surface area contributed by atoms with E-state index in [1.54, 1.807) is 6.07 Å². The zero-order valence-corrected chi connectivity index (χ0v) is 14.0. The van der Waals surface area contributed by atoms with Gasteiger partial charge < -0.3 is 14.4 Å². The van der Waals surface area contributed by atoms with Gasteiger partial charge in [0, 0.05) is 18.7 Å². The molecule has 2 aromatic carbocycles. The van der Waals surface area contributed by atoms with Crippen LogP contribution in [0.25, 0.3) is 0 Å². The third kappa shape index (κ3) is 3.88. The molecular formula is C20H23NO3. The minimum Gasteiger partial charge on any atom is -0.490 e. The molecule has 1 saturated heterocycles. The van der Waals surface area contributed by atoms with Gasteiger partial charge in [-0.1, -0.05) is 30.3 Å². The van der Waals surface area contributed by atoms with Crippen LogP contribution in [0.2, 0.25) is 0 Å². The molecule has 3 rings (SSSR count). The van der Waals surface area contributed by atoms with Crippen LogP contribution in [0.1, 0.15) is 35.7 Å². The average Bonchev–Trinajstić information content (AvgIpc) is 3.16. The molecule has 0 bridgehead atoms. The van der Waals surface area contributed by atoms with Gasteiger partial charge in [0.1, 0.15) is 6.61 Å². The van der Waals surface area contributed by atoms with E-state index < -0.39 is 0 Å². The van der Waals surface area contributed by atoms with E-state index in [-0.39, 0.29) is 5.91 Å². The third-order valence-corrected chi connectivity index (χ3v) is 4.12. The van der Waals surface area contributed by atoms with Crippen molar-refractivity contribution in [1.29, 1.82) is 0 Å². The lowest BCUT2D eigenvalue weighted by atomic mass is 10.1. The number of carbonyl (C=O) groups is 1. The van der Waals surface area contributed by atoms with Crippen molar-refractivity contribution in [1.82, 2.24) is 4.90 Å². The Bertz CT molecular complexity index is 679. The third-order valence-electron chi connectivity index (χ3n) is 4.12. The second-order valence-electron chi connectivity index (χ2n) is 5.87. The molecule has 4 nitrogen and oxygen atoms in total. The molecule has 126 valence electrons. The molecule has 0 N–H and O–H groups in total. The molecule has 0 atom stereocenters. The SMILES string of the molecule is CCOc1cc(C(=O)N2CCCC2)ccc1OCc1ccccc1. The van der Waals surface area contributed by atoms with Gasteiger partial charge in [-0.05, 0) is 43.5 Å². The summed E-state index contributed by atoms with van der Waals surface area (Å²) in [7, 11) is 0. The van der Waals surface area contributed by atoms with E-state index in [0.717, 1.165) is 31.5 Å². The molecule has 0 unspecified atom stereocenters. The first-order valence-electron chi connectivity index (χ1n) is 8.51. The Hall–Kier alpha value is -2.49. The number of benzene rings is 2. The molecule has 24 heavy (non-hydrogen) atoms. The second-order valence-corrected chi connectivity index (χ2v) is 5.87. The monoisotopic (exact) mass is 325 g/mol. The Morgan fingerprint density at radius 3 is 2.46 bits per heavy atom. The smallest absolute Gasteiger partial charge is 0.253 e. The molecule has 1 fully saturated rings. The molecule has 2 aromatic rings. The van der Waals surface area contributed by atoms with E-state index in [1.807, 2.05) is 54.3 Å². The lowest BCUT2D eigenvalue weighted by molar-refractivity contribution is 0.0792. The molecule has 4 heteroatoms. The second kappa shape index (κ2) is 7.86. The fourth-order valence-electron chi connectivity index (χ4n) is 2.87. The number of amides is 1. The number of ether oxygens (including phenoxy) is 2. The summed E-state index contributed by atoms with van der Waals surface area (Å²) >= 11 is 0. The maximum absolute atomic E-state index is 12.5. The maximum atomic E-state index is 12.5. The van der Waals surface area contributed by atoms with Crippen LogP contribution in [0.15, 0.2) is 48.5 Å². The minimum atomic E-state index is 0.0723. The highest BCUT2D eigenvalue weighted by Gasteiger charge is 2.20. The summed E-state index contributed by atoms with van der Waals surface area (Å²) < 4.78 is 11.6. The van der Waals surface area contributed by atoms with E-state index in [4.69, 9.17) is 9.47 Å². The van der Waals surface area contributed by atoms with E-state index in [1.165, 1.54) is 0 Å². The van der Waals surface area contributed by atoms with Crippen molar-refractivity contribution in [3.05, 3.63) is 59.7 Å². The van der Waals surface area contributed by atoms with Crippen LogP contribution < -0.4 is 9.47 Å². The largest absolute Gasteiger partial charge is 0.490 e. The number of nitrogens with zero attached hydrogens (tertiary/aromatic N) is 1.